The van der Waals surface area contributed by atoms with Gasteiger partial charge in [0.25, 0.3) is 0 Å². The van der Waals surface area contributed by atoms with Crippen LogP contribution in [0.4, 0.5) is 0 Å². The van der Waals surface area contributed by atoms with E-state index in [0.717, 1.165) is 5.56 Å². The fourth-order valence-corrected chi connectivity index (χ4v) is 1.34. The molecule has 0 aliphatic heterocycles. The van der Waals surface area contributed by atoms with Gasteiger partial charge in [-0.15, -0.1) is 0 Å². The molecule has 1 amide bonds. The Balaban J connectivity index is 2.61. The van der Waals surface area contributed by atoms with Crippen molar-refractivity contribution < 1.29 is 9.21 Å². The highest BCUT2D eigenvalue weighted by atomic mass is 16.3. The van der Waals surface area contributed by atoms with Crippen molar-refractivity contribution in [1.82, 2.24) is 4.90 Å². The first-order valence-corrected chi connectivity index (χ1v) is 5.34. The maximum Gasteiger partial charge on any atom is 0.240 e. The van der Waals surface area contributed by atoms with Gasteiger partial charge in [0.2, 0.25) is 5.91 Å². The maximum atomic E-state index is 12.0. The molecule has 1 heterocycles. The third-order valence-electron chi connectivity index (χ3n) is 2.58. The van der Waals surface area contributed by atoms with E-state index < -0.39 is 6.04 Å². The van der Waals surface area contributed by atoms with Gasteiger partial charge in [0.15, 0.2) is 0 Å². The summed E-state index contributed by atoms with van der Waals surface area (Å²) < 4.78 is 4.95. The van der Waals surface area contributed by atoms with Crippen molar-refractivity contribution in [2.24, 2.45) is 11.1 Å². The van der Waals surface area contributed by atoms with Crippen LogP contribution >= 0.6 is 0 Å². The van der Waals surface area contributed by atoms with Crippen LogP contribution in [0.5, 0.6) is 0 Å². The van der Waals surface area contributed by atoms with E-state index in [1.54, 1.807) is 24.5 Å². The Labute approximate surface area is 96.4 Å². The number of hydrogen-bond donors (Lipinski definition) is 1. The zero-order valence-electron chi connectivity index (χ0n) is 10.4. The fourth-order valence-electron chi connectivity index (χ4n) is 1.34. The van der Waals surface area contributed by atoms with E-state index in [0.29, 0.717) is 6.54 Å². The van der Waals surface area contributed by atoms with Gasteiger partial charge in [-0.05, 0) is 11.5 Å². The van der Waals surface area contributed by atoms with E-state index in [1.807, 2.05) is 26.8 Å². The highest BCUT2D eigenvalue weighted by molar-refractivity contribution is 5.82. The number of likely N-dealkylation sites (N-methyl/N-ethyl adjacent to an activating group) is 1. The Bertz CT molecular complexity index is 338. The van der Waals surface area contributed by atoms with Crippen LogP contribution in [0.3, 0.4) is 0 Å². The highest BCUT2D eigenvalue weighted by Gasteiger charge is 2.29. The molecule has 0 radical (unpaired) electrons. The summed E-state index contributed by atoms with van der Waals surface area (Å²) in [6, 6.07) is 1.36. The third kappa shape index (κ3) is 3.10. The maximum absolute atomic E-state index is 12.0. The molecule has 0 saturated heterocycles. The summed E-state index contributed by atoms with van der Waals surface area (Å²) in [5.41, 5.74) is 6.66. The SMILES string of the molecule is CN(Cc1ccoc1)C(=O)[C@H](N)C(C)(C)C. The lowest BCUT2D eigenvalue weighted by Gasteiger charge is -2.29. The second-order valence-electron chi connectivity index (χ2n) is 5.17. The normalized spacial score (nSPS) is 13.6. The van der Waals surface area contributed by atoms with Crippen molar-refractivity contribution >= 4 is 5.91 Å². The molecule has 0 unspecified atom stereocenters. The van der Waals surface area contributed by atoms with Gasteiger partial charge < -0.3 is 15.1 Å². The monoisotopic (exact) mass is 224 g/mol. The van der Waals surface area contributed by atoms with Gasteiger partial charge in [-0.2, -0.15) is 0 Å². The molecule has 0 saturated carbocycles. The van der Waals surface area contributed by atoms with Crippen molar-refractivity contribution in [2.75, 3.05) is 7.05 Å². The van der Waals surface area contributed by atoms with Gasteiger partial charge in [0.05, 0.1) is 18.6 Å². The summed E-state index contributed by atoms with van der Waals surface area (Å²) in [5.74, 6) is -0.0475. The number of furan rings is 1. The Morgan fingerprint density at radius 1 is 1.56 bits per heavy atom. The van der Waals surface area contributed by atoms with Crippen molar-refractivity contribution in [3.63, 3.8) is 0 Å². The van der Waals surface area contributed by atoms with E-state index in [2.05, 4.69) is 0 Å². The van der Waals surface area contributed by atoms with Crippen LogP contribution in [0.2, 0.25) is 0 Å². The van der Waals surface area contributed by atoms with Crippen LogP contribution in [-0.2, 0) is 11.3 Å². The average Bonchev–Trinajstić information content (AvgIpc) is 2.66. The van der Waals surface area contributed by atoms with Crippen LogP contribution in [0, 0.1) is 5.41 Å². The lowest BCUT2D eigenvalue weighted by molar-refractivity contribution is -0.134. The number of hydrogen-bond acceptors (Lipinski definition) is 3. The number of amides is 1. The number of carbonyl (C=O) groups is 1. The summed E-state index contributed by atoms with van der Waals surface area (Å²) in [7, 11) is 1.75. The molecular weight excluding hydrogens is 204 g/mol. The molecular formula is C12H20N2O2. The van der Waals surface area contributed by atoms with E-state index in [1.165, 1.54) is 0 Å². The molecule has 90 valence electrons. The molecule has 1 aromatic rings. The zero-order valence-corrected chi connectivity index (χ0v) is 10.4. The topological polar surface area (TPSA) is 59.5 Å². The summed E-state index contributed by atoms with van der Waals surface area (Å²) in [5, 5.41) is 0. The quantitative estimate of drug-likeness (QED) is 0.848. The van der Waals surface area contributed by atoms with E-state index in [4.69, 9.17) is 10.2 Å². The Kier molecular flexibility index (Phi) is 3.75. The zero-order chi connectivity index (χ0) is 12.3. The number of nitrogens with two attached hydrogens (primary N) is 1. The molecule has 0 bridgehead atoms. The second-order valence-corrected chi connectivity index (χ2v) is 5.17. The minimum Gasteiger partial charge on any atom is -0.472 e. The van der Waals surface area contributed by atoms with Crippen molar-refractivity contribution in [3.05, 3.63) is 24.2 Å². The molecule has 4 nitrogen and oxygen atoms in total. The largest absolute Gasteiger partial charge is 0.472 e. The van der Waals surface area contributed by atoms with Gasteiger partial charge in [-0.1, -0.05) is 20.8 Å². The van der Waals surface area contributed by atoms with Gasteiger partial charge in [-0.3, -0.25) is 4.79 Å². The van der Waals surface area contributed by atoms with Crippen LogP contribution < -0.4 is 5.73 Å². The van der Waals surface area contributed by atoms with Crippen molar-refractivity contribution in [3.8, 4) is 0 Å². The number of carbonyl (C=O) groups excluding carboxylic acids is 1. The lowest BCUT2D eigenvalue weighted by atomic mass is 9.86. The van der Waals surface area contributed by atoms with Crippen molar-refractivity contribution in [2.45, 2.75) is 33.4 Å². The van der Waals surface area contributed by atoms with Gasteiger partial charge in [0.1, 0.15) is 0 Å². The summed E-state index contributed by atoms with van der Waals surface area (Å²) >= 11 is 0. The molecule has 4 heteroatoms. The Morgan fingerprint density at radius 3 is 2.62 bits per heavy atom. The van der Waals surface area contributed by atoms with Gasteiger partial charge >= 0.3 is 0 Å². The third-order valence-corrected chi connectivity index (χ3v) is 2.58. The first-order valence-electron chi connectivity index (χ1n) is 5.34. The summed E-state index contributed by atoms with van der Waals surface area (Å²) in [6.07, 6.45) is 3.23. The number of nitrogens with zero attached hydrogens (tertiary/aromatic N) is 1. The molecule has 1 rings (SSSR count). The minimum absolute atomic E-state index is 0.0475. The first kappa shape index (κ1) is 12.8. The minimum atomic E-state index is -0.482. The van der Waals surface area contributed by atoms with E-state index in [9.17, 15) is 4.79 Å². The van der Waals surface area contributed by atoms with Gasteiger partial charge in [0, 0.05) is 19.2 Å². The molecule has 0 aromatic carbocycles. The molecule has 2 N–H and O–H groups in total. The average molecular weight is 224 g/mol. The predicted molar refractivity (Wildman–Crippen MR) is 62.6 cm³/mol. The number of rotatable bonds is 3. The predicted octanol–water partition coefficient (Wildman–Crippen LogP) is 1.61. The fraction of sp³-hybridized carbons (Fsp3) is 0.583. The van der Waals surface area contributed by atoms with Crippen LogP contribution in [0.25, 0.3) is 0 Å². The summed E-state index contributed by atoms with van der Waals surface area (Å²) in [6.45, 7) is 6.41. The molecule has 0 fully saturated rings. The van der Waals surface area contributed by atoms with Crippen LogP contribution in [0.15, 0.2) is 23.0 Å². The molecule has 0 spiro atoms. The van der Waals surface area contributed by atoms with Crippen LogP contribution in [-0.4, -0.2) is 23.9 Å². The van der Waals surface area contributed by atoms with E-state index >= 15 is 0 Å². The van der Waals surface area contributed by atoms with Crippen LogP contribution in [0.1, 0.15) is 26.3 Å². The second kappa shape index (κ2) is 4.70. The Hall–Kier alpha value is -1.29. The first-order chi connectivity index (χ1) is 7.32. The molecule has 1 atom stereocenters. The van der Waals surface area contributed by atoms with Crippen molar-refractivity contribution in [1.29, 1.82) is 0 Å². The molecule has 16 heavy (non-hydrogen) atoms. The molecule has 1 aromatic heterocycles. The smallest absolute Gasteiger partial charge is 0.240 e. The lowest BCUT2D eigenvalue weighted by Crippen LogP contribution is -2.48. The molecule has 0 aliphatic carbocycles. The van der Waals surface area contributed by atoms with Gasteiger partial charge in [-0.25, -0.2) is 0 Å². The van der Waals surface area contributed by atoms with E-state index in [-0.39, 0.29) is 11.3 Å². The molecule has 0 aliphatic rings. The Morgan fingerprint density at radius 2 is 2.19 bits per heavy atom. The highest BCUT2D eigenvalue weighted by Crippen LogP contribution is 2.19. The standard InChI is InChI=1S/C12H20N2O2/c1-12(2,3)10(13)11(15)14(4)7-9-5-6-16-8-9/h5-6,8,10H,7,13H2,1-4H3/t10-/m0/s1. The summed E-state index contributed by atoms with van der Waals surface area (Å²) in [4.78, 5) is 13.6.